The zero-order valence-electron chi connectivity index (χ0n) is 16.0. The molecule has 0 radical (unpaired) electrons. The smallest absolute Gasteiger partial charge is 0.259 e. The van der Waals surface area contributed by atoms with Gasteiger partial charge in [0.15, 0.2) is 11.6 Å². The Morgan fingerprint density at radius 2 is 1.84 bits per heavy atom. The number of aromatic amines is 1. The van der Waals surface area contributed by atoms with Gasteiger partial charge in [-0.15, -0.1) is 0 Å². The van der Waals surface area contributed by atoms with Gasteiger partial charge in [-0.2, -0.15) is 5.26 Å². The summed E-state index contributed by atoms with van der Waals surface area (Å²) in [5.74, 6) is 0.878. The van der Waals surface area contributed by atoms with Crippen LogP contribution in [-0.4, -0.2) is 15.1 Å². The summed E-state index contributed by atoms with van der Waals surface area (Å²) in [6.07, 6.45) is 1.68. The first-order valence-electron chi connectivity index (χ1n) is 9.39. The van der Waals surface area contributed by atoms with Crippen molar-refractivity contribution in [3.8, 4) is 17.4 Å². The van der Waals surface area contributed by atoms with Gasteiger partial charge in [0.1, 0.15) is 11.6 Å². The van der Waals surface area contributed by atoms with Gasteiger partial charge in [-0.3, -0.25) is 4.79 Å². The molecule has 0 saturated carbocycles. The van der Waals surface area contributed by atoms with Gasteiger partial charge in [-0.05, 0) is 42.0 Å². The van der Waals surface area contributed by atoms with E-state index in [0.29, 0.717) is 16.7 Å². The van der Waals surface area contributed by atoms with Crippen LogP contribution in [0, 0.1) is 11.3 Å². The van der Waals surface area contributed by atoms with Gasteiger partial charge in [-0.25, -0.2) is 4.98 Å². The standard InChI is InChI=1S/C24H13BrN4O2/c25-17-7-9-20-19(12-17)24(30)28-23(27-20)16(13-26)10-14-6-8-21-18(11-14)22(31-29-21)15-4-2-1-3-5-15/h1-12H,(H,27,28,30)/b16-10+. The first-order chi connectivity index (χ1) is 15.1. The zero-order chi connectivity index (χ0) is 21.4. The summed E-state index contributed by atoms with van der Waals surface area (Å²) in [4.78, 5) is 19.7. The Morgan fingerprint density at radius 3 is 2.65 bits per heavy atom. The van der Waals surface area contributed by atoms with E-state index < -0.39 is 0 Å². The highest BCUT2D eigenvalue weighted by molar-refractivity contribution is 9.10. The van der Waals surface area contributed by atoms with E-state index in [9.17, 15) is 10.1 Å². The van der Waals surface area contributed by atoms with Crippen LogP contribution in [0.25, 0.3) is 44.8 Å². The van der Waals surface area contributed by atoms with Crippen LogP contribution >= 0.6 is 15.9 Å². The molecule has 6 nitrogen and oxygen atoms in total. The minimum Gasteiger partial charge on any atom is -0.355 e. The molecule has 0 amide bonds. The number of nitriles is 1. The maximum atomic E-state index is 12.5. The van der Waals surface area contributed by atoms with E-state index in [2.05, 4.69) is 37.1 Å². The maximum absolute atomic E-state index is 12.5. The van der Waals surface area contributed by atoms with Gasteiger partial charge < -0.3 is 9.51 Å². The maximum Gasteiger partial charge on any atom is 0.259 e. The lowest BCUT2D eigenvalue weighted by Gasteiger charge is -2.03. The van der Waals surface area contributed by atoms with E-state index in [1.165, 1.54) is 0 Å². The monoisotopic (exact) mass is 468 g/mol. The lowest BCUT2D eigenvalue weighted by molar-refractivity contribution is 0.441. The molecule has 5 rings (SSSR count). The van der Waals surface area contributed by atoms with E-state index >= 15 is 0 Å². The Balaban J connectivity index is 1.62. The van der Waals surface area contributed by atoms with Crippen LogP contribution in [-0.2, 0) is 0 Å². The molecule has 2 heterocycles. The fourth-order valence-corrected chi connectivity index (χ4v) is 3.77. The molecule has 0 unspecified atom stereocenters. The van der Waals surface area contributed by atoms with Gasteiger partial charge in [0.25, 0.3) is 5.56 Å². The van der Waals surface area contributed by atoms with Crippen LogP contribution in [0.2, 0.25) is 0 Å². The summed E-state index contributed by atoms with van der Waals surface area (Å²) >= 11 is 3.35. The van der Waals surface area contributed by atoms with E-state index in [-0.39, 0.29) is 17.0 Å². The van der Waals surface area contributed by atoms with Crippen molar-refractivity contribution in [2.24, 2.45) is 0 Å². The highest BCUT2D eigenvalue weighted by Gasteiger charge is 2.12. The molecule has 3 aromatic carbocycles. The van der Waals surface area contributed by atoms with Crippen LogP contribution in [0.1, 0.15) is 11.4 Å². The molecule has 5 aromatic rings. The highest BCUT2D eigenvalue weighted by Crippen LogP contribution is 2.30. The van der Waals surface area contributed by atoms with E-state index in [1.54, 1.807) is 24.3 Å². The lowest BCUT2D eigenvalue weighted by Crippen LogP contribution is -2.11. The molecule has 0 spiro atoms. The molecule has 148 valence electrons. The summed E-state index contributed by atoms with van der Waals surface area (Å²) < 4.78 is 6.33. The normalized spacial score (nSPS) is 11.7. The van der Waals surface area contributed by atoms with E-state index in [4.69, 9.17) is 4.52 Å². The molecular weight excluding hydrogens is 456 g/mol. The molecule has 0 bridgehead atoms. The number of nitrogens with one attached hydrogen (secondary N) is 1. The first kappa shape index (κ1) is 19.0. The lowest BCUT2D eigenvalue weighted by atomic mass is 10.0. The van der Waals surface area contributed by atoms with E-state index in [1.807, 2.05) is 48.5 Å². The molecule has 0 aliphatic rings. The molecule has 0 atom stereocenters. The Bertz CT molecular complexity index is 1580. The molecular formula is C24H13BrN4O2. The third-order valence-electron chi connectivity index (χ3n) is 4.89. The molecule has 0 aliphatic heterocycles. The largest absolute Gasteiger partial charge is 0.355 e. The van der Waals surface area contributed by atoms with Crippen molar-refractivity contribution in [2.75, 3.05) is 0 Å². The number of hydrogen-bond acceptors (Lipinski definition) is 5. The number of H-pyrrole nitrogens is 1. The van der Waals surface area contributed by atoms with Crippen molar-refractivity contribution in [3.63, 3.8) is 0 Å². The molecule has 0 fully saturated rings. The quantitative estimate of drug-likeness (QED) is 0.349. The van der Waals surface area contributed by atoms with Crippen LogP contribution < -0.4 is 5.56 Å². The second kappa shape index (κ2) is 7.67. The van der Waals surface area contributed by atoms with Crippen LogP contribution in [0.3, 0.4) is 0 Å². The number of benzene rings is 3. The highest BCUT2D eigenvalue weighted by atomic mass is 79.9. The second-order valence-corrected chi connectivity index (χ2v) is 7.82. The van der Waals surface area contributed by atoms with E-state index in [0.717, 1.165) is 26.5 Å². The number of nitrogens with zero attached hydrogens (tertiary/aromatic N) is 3. The Labute approximate surface area is 184 Å². The van der Waals surface area contributed by atoms with Crippen LogP contribution in [0.4, 0.5) is 0 Å². The van der Waals surface area contributed by atoms with Crippen molar-refractivity contribution in [1.29, 1.82) is 5.26 Å². The fourth-order valence-electron chi connectivity index (χ4n) is 3.41. The minimum absolute atomic E-state index is 0.219. The summed E-state index contributed by atoms with van der Waals surface area (Å²) in [6.45, 7) is 0. The van der Waals surface area contributed by atoms with Crippen molar-refractivity contribution < 1.29 is 4.52 Å². The molecule has 0 aliphatic carbocycles. The topological polar surface area (TPSA) is 95.6 Å². The molecule has 2 aromatic heterocycles. The Morgan fingerprint density at radius 1 is 1.03 bits per heavy atom. The average Bonchev–Trinajstić information content (AvgIpc) is 3.21. The summed E-state index contributed by atoms with van der Waals surface area (Å²) in [5.41, 5.74) is 2.87. The predicted molar refractivity (Wildman–Crippen MR) is 123 cm³/mol. The van der Waals surface area contributed by atoms with Gasteiger partial charge >= 0.3 is 0 Å². The number of fused-ring (bicyclic) bond motifs is 2. The van der Waals surface area contributed by atoms with Gasteiger partial charge in [0, 0.05) is 10.0 Å². The predicted octanol–water partition coefficient (Wildman–Crippen LogP) is 5.56. The number of aromatic nitrogens is 3. The number of hydrogen-bond donors (Lipinski definition) is 1. The van der Waals surface area contributed by atoms with Gasteiger partial charge in [0.05, 0.1) is 21.9 Å². The first-order valence-corrected chi connectivity index (χ1v) is 10.2. The summed E-state index contributed by atoms with van der Waals surface area (Å²) in [7, 11) is 0. The molecule has 0 saturated heterocycles. The van der Waals surface area contributed by atoms with Crippen molar-refractivity contribution >= 4 is 49.4 Å². The van der Waals surface area contributed by atoms with Gasteiger partial charge in [-0.1, -0.05) is 57.5 Å². The number of rotatable bonds is 3. The summed E-state index contributed by atoms with van der Waals surface area (Å²) in [6, 6.07) is 22.7. The fraction of sp³-hybridized carbons (Fsp3) is 0. The summed E-state index contributed by atoms with van der Waals surface area (Å²) in [5, 5.41) is 15.1. The van der Waals surface area contributed by atoms with Gasteiger partial charge in [0.2, 0.25) is 0 Å². The third-order valence-corrected chi connectivity index (χ3v) is 5.38. The number of halogens is 1. The minimum atomic E-state index is -0.302. The molecule has 7 heteroatoms. The average molecular weight is 469 g/mol. The van der Waals surface area contributed by atoms with Crippen LogP contribution in [0.15, 0.2) is 80.5 Å². The third kappa shape index (κ3) is 3.54. The molecule has 1 N–H and O–H groups in total. The second-order valence-electron chi connectivity index (χ2n) is 6.90. The SMILES string of the molecule is N#C/C(=C\c1ccc2noc(-c3ccccc3)c2c1)c1nc2ccc(Br)cc2c(=O)[nH]1. The zero-order valence-corrected chi connectivity index (χ0v) is 17.6. The number of allylic oxidation sites excluding steroid dienone is 1. The Hall–Kier alpha value is -4.02. The molecule has 31 heavy (non-hydrogen) atoms. The Kier molecular flexibility index (Phi) is 4.69. The van der Waals surface area contributed by atoms with Crippen molar-refractivity contribution in [1.82, 2.24) is 15.1 Å². The van der Waals surface area contributed by atoms with Crippen LogP contribution in [0.5, 0.6) is 0 Å². The van der Waals surface area contributed by atoms with Crippen molar-refractivity contribution in [2.45, 2.75) is 0 Å². The van der Waals surface area contributed by atoms with Crippen molar-refractivity contribution in [3.05, 3.63) is 92.9 Å².